The van der Waals surface area contributed by atoms with E-state index in [1.165, 1.54) is 128 Å². The zero-order valence-electron chi connectivity index (χ0n) is 19.3. The van der Waals surface area contributed by atoms with E-state index in [0.717, 1.165) is 5.92 Å². The molecule has 0 heterocycles. The van der Waals surface area contributed by atoms with Crippen LogP contribution in [0.3, 0.4) is 0 Å². The minimum atomic E-state index is -0.111. The maximum atomic E-state index is 13.1. The Morgan fingerprint density at radius 3 is 1.55 bits per heavy atom. The minimum absolute atomic E-state index is 0.111. The van der Waals surface area contributed by atoms with E-state index in [-0.39, 0.29) is 5.82 Å². The van der Waals surface area contributed by atoms with Gasteiger partial charge < -0.3 is 0 Å². The Morgan fingerprint density at radius 2 is 1.07 bits per heavy atom. The fourth-order valence-corrected chi connectivity index (χ4v) is 5.15. The summed E-state index contributed by atoms with van der Waals surface area (Å²) in [6.07, 6.45) is 27.0. The van der Waals surface area contributed by atoms with Crippen LogP contribution in [0.2, 0.25) is 0 Å². The molecule has 0 aliphatic heterocycles. The van der Waals surface area contributed by atoms with Crippen molar-refractivity contribution in [3.05, 3.63) is 35.6 Å². The lowest BCUT2D eigenvalue weighted by atomic mass is 9.77. The van der Waals surface area contributed by atoms with Crippen LogP contribution in [0, 0.1) is 11.7 Å². The van der Waals surface area contributed by atoms with E-state index < -0.39 is 0 Å². The smallest absolute Gasteiger partial charge is 0.123 e. The summed E-state index contributed by atoms with van der Waals surface area (Å²) >= 11 is 0. The van der Waals surface area contributed by atoms with Gasteiger partial charge in [-0.05, 0) is 55.2 Å². The Labute approximate surface area is 181 Å². The zero-order chi connectivity index (χ0) is 20.6. The van der Waals surface area contributed by atoms with Crippen LogP contribution in [0.5, 0.6) is 0 Å². The van der Waals surface area contributed by atoms with E-state index in [0.29, 0.717) is 5.92 Å². The number of hydrogen-bond acceptors (Lipinski definition) is 0. The molecule has 1 fully saturated rings. The van der Waals surface area contributed by atoms with Crippen LogP contribution in [0.25, 0.3) is 0 Å². The van der Waals surface area contributed by atoms with Crippen molar-refractivity contribution in [1.29, 1.82) is 0 Å². The third-order valence-corrected chi connectivity index (χ3v) is 7.15. The molecule has 0 spiro atoms. The molecule has 1 aromatic carbocycles. The van der Waals surface area contributed by atoms with Gasteiger partial charge in [-0.2, -0.15) is 0 Å². The van der Waals surface area contributed by atoms with Gasteiger partial charge in [-0.15, -0.1) is 0 Å². The van der Waals surface area contributed by atoms with E-state index in [4.69, 9.17) is 0 Å². The number of rotatable bonds is 16. The summed E-state index contributed by atoms with van der Waals surface area (Å²) in [5.41, 5.74) is 1.35. The second kappa shape index (κ2) is 15.9. The molecule has 166 valence electrons. The Morgan fingerprint density at radius 1 is 0.621 bits per heavy atom. The fraction of sp³-hybridized carbons (Fsp3) is 0.786. The van der Waals surface area contributed by atoms with Crippen molar-refractivity contribution in [2.45, 2.75) is 135 Å². The third kappa shape index (κ3) is 11.2. The first-order valence-electron chi connectivity index (χ1n) is 13.0. The van der Waals surface area contributed by atoms with Gasteiger partial charge in [0.05, 0.1) is 0 Å². The van der Waals surface area contributed by atoms with Crippen molar-refractivity contribution >= 4 is 0 Å². The molecule has 29 heavy (non-hydrogen) atoms. The van der Waals surface area contributed by atoms with Gasteiger partial charge in [-0.3, -0.25) is 0 Å². The number of hydrogen-bond donors (Lipinski definition) is 0. The van der Waals surface area contributed by atoms with Gasteiger partial charge in [0.1, 0.15) is 5.82 Å². The standard InChI is InChI=1S/C28H47F/c1-2-3-4-5-6-7-8-9-10-11-12-13-14-15-16-25-17-19-26(20-18-25)27-21-23-28(29)24-22-27/h21-26H,2-20H2,1H3/t25-,26-. The summed E-state index contributed by atoms with van der Waals surface area (Å²) in [4.78, 5) is 0. The molecule has 0 atom stereocenters. The topological polar surface area (TPSA) is 0 Å². The highest BCUT2D eigenvalue weighted by Gasteiger charge is 2.21. The fourth-order valence-electron chi connectivity index (χ4n) is 5.15. The SMILES string of the molecule is CCCCCCCCCCCCCCCC[C@H]1CC[C@H](c2ccc(F)cc2)CC1. The largest absolute Gasteiger partial charge is 0.207 e. The lowest BCUT2D eigenvalue weighted by Gasteiger charge is -2.28. The Balaban J connectivity index is 1.35. The van der Waals surface area contributed by atoms with Crippen molar-refractivity contribution in [2.24, 2.45) is 5.92 Å². The Hall–Kier alpha value is -0.850. The molecule has 0 aromatic heterocycles. The molecule has 2 rings (SSSR count). The van der Waals surface area contributed by atoms with Crippen molar-refractivity contribution in [2.75, 3.05) is 0 Å². The third-order valence-electron chi connectivity index (χ3n) is 7.15. The number of halogens is 1. The van der Waals surface area contributed by atoms with Crippen LogP contribution in [0.1, 0.15) is 140 Å². The molecule has 0 saturated heterocycles. The van der Waals surface area contributed by atoms with Crippen LogP contribution < -0.4 is 0 Å². The lowest BCUT2D eigenvalue weighted by Crippen LogP contribution is -2.13. The van der Waals surface area contributed by atoms with Crippen molar-refractivity contribution in [1.82, 2.24) is 0 Å². The molecule has 0 bridgehead atoms. The maximum absolute atomic E-state index is 13.1. The predicted octanol–water partition coefficient (Wildman–Crippen LogP) is 9.97. The predicted molar refractivity (Wildman–Crippen MR) is 126 cm³/mol. The summed E-state index contributed by atoms with van der Waals surface area (Å²) in [5.74, 6) is 1.51. The molecule has 0 unspecified atom stereocenters. The van der Waals surface area contributed by atoms with Crippen LogP contribution in [0.4, 0.5) is 4.39 Å². The van der Waals surface area contributed by atoms with Gasteiger partial charge >= 0.3 is 0 Å². The molecule has 1 aliphatic carbocycles. The van der Waals surface area contributed by atoms with E-state index in [1.54, 1.807) is 12.1 Å². The normalized spacial score (nSPS) is 19.5. The van der Waals surface area contributed by atoms with Crippen LogP contribution in [-0.2, 0) is 0 Å². The molecule has 0 radical (unpaired) electrons. The second-order valence-corrected chi connectivity index (χ2v) is 9.65. The summed E-state index contributed by atoms with van der Waals surface area (Å²) in [5, 5.41) is 0. The average Bonchev–Trinajstić information content (AvgIpc) is 2.75. The van der Waals surface area contributed by atoms with Gasteiger partial charge in [-0.25, -0.2) is 4.39 Å². The van der Waals surface area contributed by atoms with Crippen LogP contribution in [0.15, 0.2) is 24.3 Å². The minimum Gasteiger partial charge on any atom is -0.207 e. The highest BCUT2D eigenvalue weighted by molar-refractivity contribution is 5.20. The summed E-state index contributed by atoms with van der Waals surface area (Å²) in [6.45, 7) is 2.29. The van der Waals surface area contributed by atoms with Crippen molar-refractivity contribution in [3.8, 4) is 0 Å². The van der Waals surface area contributed by atoms with Crippen molar-refractivity contribution < 1.29 is 4.39 Å². The molecule has 0 amide bonds. The van der Waals surface area contributed by atoms with E-state index in [2.05, 4.69) is 6.92 Å². The highest BCUT2D eigenvalue weighted by Crippen LogP contribution is 2.37. The zero-order valence-corrected chi connectivity index (χ0v) is 19.3. The molecule has 0 nitrogen and oxygen atoms in total. The number of unbranched alkanes of at least 4 members (excludes halogenated alkanes) is 13. The van der Waals surface area contributed by atoms with Gasteiger partial charge in [-0.1, -0.05) is 115 Å². The first-order valence-corrected chi connectivity index (χ1v) is 13.0. The molecular weight excluding hydrogens is 355 g/mol. The average molecular weight is 403 g/mol. The summed E-state index contributed by atoms with van der Waals surface area (Å²) < 4.78 is 13.1. The highest BCUT2D eigenvalue weighted by atomic mass is 19.1. The van der Waals surface area contributed by atoms with Gasteiger partial charge in [0.2, 0.25) is 0 Å². The van der Waals surface area contributed by atoms with E-state index in [9.17, 15) is 4.39 Å². The molecular formula is C28H47F. The molecule has 1 saturated carbocycles. The summed E-state index contributed by atoms with van der Waals surface area (Å²) in [7, 11) is 0. The maximum Gasteiger partial charge on any atom is 0.123 e. The molecule has 1 aliphatic rings. The summed E-state index contributed by atoms with van der Waals surface area (Å²) in [6, 6.07) is 7.23. The van der Waals surface area contributed by atoms with E-state index >= 15 is 0 Å². The van der Waals surface area contributed by atoms with Gasteiger partial charge in [0, 0.05) is 0 Å². The first-order chi connectivity index (χ1) is 14.3. The van der Waals surface area contributed by atoms with Crippen molar-refractivity contribution in [3.63, 3.8) is 0 Å². The Kier molecular flexibility index (Phi) is 13.4. The van der Waals surface area contributed by atoms with Crippen LogP contribution >= 0.6 is 0 Å². The Bertz CT molecular complexity index is 484. The van der Waals surface area contributed by atoms with Crippen LogP contribution in [-0.4, -0.2) is 0 Å². The molecule has 0 N–H and O–H groups in total. The van der Waals surface area contributed by atoms with E-state index in [1.807, 2.05) is 12.1 Å². The monoisotopic (exact) mass is 402 g/mol. The molecule has 1 aromatic rings. The first kappa shape index (κ1) is 24.4. The molecule has 1 heteroatoms. The quantitative estimate of drug-likeness (QED) is 0.241. The van der Waals surface area contributed by atoms with Gasteiger partial charge in [0.15, 0.2) is 0 Å². The number of benzene rings is 1. The lowest BCUT2D eigenvalue weighted by molar-refractivity contribution is 0.301. The second-order valence-electron chi connectivity index (χ2n) is 9.65. The van der Waals surface area contributed by atoms with Gasteiger partial charge in [0.25, 0.3) is 0 Å².